The van der Waals surface area contributed by atoms with Crippen molar-refractivity contribution in [2.45, 2.75) is 53.6 Å². The zero-order chi connectivity index (χ0) is 36.3. The molecule has 2 heterocycles. The molecule has 0 radical (unpaired) electrons. The molecule has 0 atom stereocenters. The van der Waals surface area contributed by atoms with Gasteiger partial charge in [0, 0.05) is 36.1 Å². The Labute approximate surface area is 297 Å². The van der Waals surface area contributed by atoms with Gasteiger partial charge in [0.25, 0.3) is 0 Å². The molecule has 2 aromatic heterocycles. The number of rotatable bonds is 10. The van der Waals surface area contributed by atoms with Gasteiger partial charge in [-0.3, -0.25) is 9.59 Å². The van der Waals surface area contributed by atoms with E-state index in [0.29, 0.717) is 52.2 Å². The normalized spacial score (nSPS) is 11.4. The molecule has 0 amide bonds. The summed E-state index contributed by atoms with van der Waals surface area (Å²) in [7, 11) is 0. The number of phenols is 2. The van der Waals surface area contributed by atoms with Crippen LogP contribution in [0, 0.1) is 23.5 Å². The lowest BCUT2D eigenvalue weighted by Gasteiger charge is -2.10. The maximum Gasteiger partial charge on any atom is 0.152 e. The van der Waals surface area contributed by atoms with E-state index in [0.717, 1.165) is 5.52 Å². The fourth-order valence-electron chi connectivity index (χ4n) is 5.65. The first kappa shape index (κ1) is 36.5. The van der Waals surface area contributed by atoms with Gasteiger partial charge in [-0.1, -0.05) is 50.9 Å². The molecule has 0 aliphatic rings. The minimum atomic E-state index is -0.512. The summed E-state index contributed by atoms with van der Waals surface area (Å²) < 4.78 is 30.5. The predicted molar refractivity (Wildman–Crippen MR) is 193 cm³/mol. The molecule has 0 spiro atoms. The van der Waals surface area contributed by atoms with Gasteiger partial charge < -0.3 is 19.3 Å². The number of hydrogen-bond donors (Lipinski definition) is 2. The highest BCUT2D eigenvalue weighted by atomic mass is 35.5. The summed E-state index contributed by atoms with van der Waals surface area (Å²) in [5.41, 5.74) is 3.80. The molecule has 0 aliphatic carbocycles. The number of nitrogens with zero attached hydrogens (tertiary/aromatic N) is 4. The first-order valence-corrected chi connectivity index (χ1v) is 16.8. The largest absolute Gasteiger partial charge is 0.508 e. The molecule has 50 heavy (non-hydrogen) atoms. The maximum absolute atomic E-state index is 13.5. The lowest BCUT2D eigenvalue weighted by atomic mass is 10.1. The van der Waals surface area contributed by atoms with Crippen molar-refractivity contribution in [3.63, 3.8) is 0 Å². The Morgan fingerprint density at radius 1 is 0.640 bits per heavy atom. The van der Waals surface area contributed by atoms with Gasteiger partial charge in [-0.15, -0.1) is 0 Å². The van der Waals surface area contributed by atoms with Gasteiger partial charge in [0.05, 0.1) is 45.2 Å². The Morgan fingerprint density at radius 3 is 1.60 bits per heavy atom. The summed E-state index contributed by atoms with van der Waals surface area (Å²) in [6, 6.07) is 18.3. The van der Waals surface area contributed by atoms with Gasteiger partial charge in [-0.05, 0) is 72.5 Å². The predicted octanol–water partition coefficient (Wildman–Crippen LogP) is 9.63. The number of Topliss-reactive ketones (excluding diaryl/α,β-unsaturated/α-hetero) is 2. The van der Waals surface area contributed by atoms with E-state index in [1.165, 1.54) is 36.4 Å². The molecule has 0 unspecified atom stereocenters. The lowest BCUT2D eigenvalue weighted by molar-refractivity contribution is -0.121. The van der Waals surface area contributed by atoms with Crippen molar-refractivity contribution in [2.24, 2.45) is 11.8 Å². The summed E-state index contributed by atoms with van der Waals surface area (Å²) in [6.45, 7) is 8.23. The molecule has 260 valence electrons. The number of halogens is 4. The van der Waals surface area contributed by atoms with Crippen molar-refractivity contribution in [3.05, 3.63) is 94.5 Å². The fourth-order valence-corrected chi connectivity index (χ4v) is 6.01. The van der Waals surface area contributed by atoms with Gasteiger partial charge in [-0.25, -0.2) is 18.7 Å². The third kappa shape index (κ3) is 8.49. The van der Waals surface area contributed by atoms with Crippen molar-refractivity contribution >= 4 is 56.8 Å². The van der Waals surface area contributed by atoms with E-state index in [4.69, 9.17) is 23.2 Å². The number of aromatic hydroxyl groups is 2. The van der Waals surface area contributed by atoms with Crippen LogP contribution in [0.2, 0.25) is 10.0 Å². The molecule has 0 bridgehead atoms. The summed E-state index contributed by atoms with van der Waals surface area (Å²) in [4.78, 5) is 33.8. The quantitative estimate of drug-likeness (QED) is 0.146. The number of phenolic OH excluding ortho intramolecular Hbond substituents is 2. The maximum atomic E-state index is 13.5. The van der Waals surface area contributed by atoms with Gasteiger partial charge in [-0.2, -0.15) is 0 Å². The van der Waals surface area contributed by atoms with Gasteiger partial charge in [0.1, 0.15) is 34.8 Å². The summed E-state index contributed by atoms with van der Waals surface area (Å²) in [5.74, 6) is 0.837. The van der Waals surface area contributed by atoms with Crippen molar-refractivity contribution in [1.82, 2.24) is 19.1 Å². The average molecular weight is 722 g/mol. The number of imidazole rings is 2. The number of benzene rings is 4. The van der Waals surface area contributed by atoms with Crippen LogP contribution in [-0.2, 0) is 22.7 Å². The minimum Gasteiger partial charge on any atom is -0.508 e. The lowest BCUT2D eigenvalue weighted by Crippen LogP contribution is -2.13. The molecule has 8 nitrogen and oxygen atoms in total. The van der Waals surface area contributed by atoms with Crippen LogP contribution in [0.5, 0.6) is 11.5 Å². The van der Waals surface area contributed by atoms with Crippen molar-refractivity contribution < 1.29 is 28.6 Å². The first-order valence-electron chi connectivity index (χ1n) is 16.0. The van der Waals surface area contributed by atoms with Crippen molar-refractivity contribution in [2.75, 3.05) is 0 Å². The first-order chi connectivity index (χ1) is 23.7. The number of carbonyl (C=O) groups is 2. The van der Waals surface area contributed by atoms with Gasteiger partial charge in [0.15, 0.2) is 11.6 Å². The molecule has 6 rings (SSSR count). The average Bonchev–Trinajstić information content (AvgIpc) is 3.56. The second kappa shape index (κ2) is 15.4. The zero-order valence-electron chi connectivity index (χ0n) is 27.9. The third-order valence-corrected chi connectivity index (χ3v) is 8.34. The third-order valence-electron chi connectivity index (χ3n) is 7.76. The molecule has 12 heteroatoms. The molecular formula is C38H36Cl2F2N4O4. The molecule has 0 saturated heterocycles. The standard InChI is InChI=1S/2C19H18ClFN2O2/c1-11(2)7-14(25)10-23-18-6-4-13(24)9-17(18)22-19(23)12-3-5-16(21)15(20)8-12;1-11(2)7-14(25)10-23-18-9-13(24)4-6-17(18)22-19(23)12-3-5-16(21)15(20)8-12/h2*3-6,8-9,11,24H,7,10H2,1-2H3. The van der Waals surface area contributed by atoms with E-state index in [2.05, 4.69) is 9.97 Å². The topological polar surface area (TPSA) is 110 Å². The Bertz CT molecular complexity index is 2160. The highest BCUT2D eigenvalue weighted by Gasteiger charge is 2.19. The smallest absolute Gasteiger partial charge is 0.152 e. The summed E-state index contributed by atoms with van der Waals surface area (Å²) in [6.07, 6.45) is 0.906. The molecule has 4 aromatic carbocycles. The molecule has 0 fully saturated rings. The second-order valence-electron chi connectivity index (χ2n) is 12.9. The highest BCUT2D eigenvalue weighted by Crippen LogP contribution is 2.31. The van der Waals surface area contributed by atoms with E-state index < -0.39 is 11.6 Å². The van der Waals surface area contributed by atoms with E-state index in [9.17, 15) is 28.6 Å². The number of fused-ring (bicyclic) bond motifs is 2. The molecule has 0 saturated carbocycles. The van der Waals surface area contributed by atoms with Crippen LogP contribution < -0.4 is 0 Å². The van der Waals surface area contributed by atoms with Crippen molar-refractivity contribution in [3.8, 4) is 34.3 Å². The Morgan fingerprint density at radius 2 is 1.10 bits per heavy atom. The number of carbonyl (C=O) groups excluding carboxylic acids is 2. The van der Waals surface area contributed by atoms with E-state index >= 15 is 0 Å². The highest BCUT2D eigenvalue weighted by molar-refractivity contribution is 6.31. The SMILES string of the molecule is CC(C)CC(=O)Cn1c(-c2ccc(F)c(Cl)c2)nc2cc(O)ccc21.CC(C)CC(=O)Cn1c(-c2ccc(F)c(Cl)c2)nc2ccc(O)cc21. The van der Waals surface area contributed by atoms with Crippen LogP contribution >= 0.6 is 23.2 Å². The zero-order valence-corrected chi connectivity index (χ0v) is 29.4. The molecular weight excluding hydrogens is 685 g/mol. The van der Waals surface area contributed by atoms with Crippen LogP contribution in [0.4, 0.5) is 8.78 Å². The number of ketones is 2. The Hall–Kier alpha value is -4.80. The van der Waals surface area contributed by atoms with Crippen LogP contribution in [0.25, 0.3) is 44.8 Å². The van der Waals surface area contributed by atoms with Gasteiger partial charge in [0.2, 0.25) is 0 Å². The Kier molecular flexibility index (Phi) is 11.2. The second-order valence-corrected chi connectivity index (χ2v) is 13.7. The minimum absolute atomic E-state index is 0.00698. The van der Waals surface area contributed by atoms with Crippen LogP contribution in [-0.4, -0.2) is 40.9 Å². The molecule has 2 N–H and O–H groups in total. The van der Waals surface area contributed by atoms with Crippen LogP contribution in [0.1, 0.15) is 40.5 Å². The van der Waals surface area contributed by atoms with E-state index in [1.807, 2.05) is 27.7 Å². The summed E-state index contributed by atoms with van der Waals surface area (Å²) in [5, 5.41) is 19.5. The molecule has 6 aromatic rings. The van der Waals surface area contributed by atoms with Crippen molar-refractivity contribution in [1.29, 1.82) is 0 Å². The van der Waals surface area contributed by atoms with Gasteiger partial charge >= 0.3 is 0 Å². The summed E-state index contributed by atoms with van der Waals surface area (Å²) >= 11 is 11.8. The number of hydrogen-bond acceptors (Lipinski definition) is 6. The van der Waals surface area contributed by atoms with E-state index in [1.54, 1.807) is 45.5 Å². The van der Waals surface area contributed by atoms with Crippen LogP contribution in [0.15, 0.2) is 72.8 Å². The fraction of sp³-hybridized carbons (Fsp3) is 0.263. The molecule has 0 aliphatic heterocycles. The Balaban J connectivity index is 0.000000194. The number of aromatic nitrogens is 4. The van der Waals surface area contributed by atoms with Crippen LogP contribution in [0.3, 0.4) is 0 Å². The monoisotopic (exact) mass is 720 g/mol. The van der Waals surface area contributed by atoms with E-state index in [-0.39, 0.29) is 58.0 Å².